The smallest absolute Gasteiger partial charge is 0.326 e. The molecule has 2 heterocycles. The van der Waals surface area contributed by atoms with Crippen LogP contribution in [0.3, 0.4) is 0 Å². The van der Waals surface area contributed by atoms with Gasteiger partial charge in [-0.1, -0.05) is 43.7 Å². The molecule has 0 aliphatic carbocycles. The third-order valence-electron chi connectivity index (χ3n) is 4.39. The molecule has 1 saturated heterocycles. The lowest BCUT2D eigenvalue weighted by atomic mass is 10.0. The number of aliphatic carboxylic acids is 1. The van der Waals surface area contributed by atoms with Crippen LogP contribution in [0.15, 0.2) is 36.4 Å². The lowest BCUT2D eigenvalue weighted by Crippen LogP contribution is -2.45. The summed E-state index contributed by atoms with van der Waals surface area (Å²) in [6.45, 7) is 2.85. The first kappa shape index (κ1) is 16.4. The lowest BCUT2D eigenvalue weighted by Gasteiger charge is -2.34. The molecule has 1 fully saturated rings. The summed E-state index contributed by atoms with van der Waals surface area (Å²) in [6.07, 6.45) is 4.47. The molecular weight excluding hydrogens is 302 g/mol. The Morgan fingerprint density at radius 1 is 1.25 bits per heavy atom. The first-order valence-corrected chi connectivity index (χ1v) is 8.62. The molecular formula is C19H23N3O2. The van der Waals surface area contributed by atoms with Crippen molar-refractivity contribution < 1.29 is 9.90 Å². The van der Waals surface area contributed by atoms with Gasteiger partial charge in [0.15, 0.2) is 5.82 Å². The van der Waals surface area contributed by atoms with E-state index in [-0.39, 0.29) is 0 Å². The molecule has 1 N–H and O–H groups in total. The molecule has 0 saturated carbocycles. The van der Waals surface area contributed by atoms with Crippen LogP contribution < -0.4 is 4.90 Å². The van der Waals surface area contributed by atoms with E-state index >= 15 is 0 Å². The summed E-state index contributed by atoms with van der Waals surface area (Å²) >= 11 is 0. The van der Waals surface area contributed by atoms with Crippen LogP contribution in [0.25, 0.3) is 11.4 Å². The van der Waals surface area contributed by atoms with Gasteiger partial charge in [-0.2, -0.15) is 0 Å². The molecule has 5 heteroatoms. The van der Waals surface area contributed by atoms with Crippen LogP contribution in [0, 0.1) is 0 Å². The summed E-state index contributed by atoms with van der Waals surface area (Å²) in [7, 11) is 0. The summed E-state index contributed by atoms with van der Waals surface area (Å²) in [5, 5.41) is 9.54. The third kappa shape index (κ3) is 3.55. The molecule has 3 rings (SSSR count). The molecule has 1 aromatic carbocycles. The Bertz CT molecular complexity index is 703. The maximum Gasteiger partial charge on any atom is 0.326 e. The van der Waals surface area contributed by atoms with Crippen LogP contribution in [0.5, 0.6) is 0 Å². The highest BCUT2D eigenvalue weighted by molar-refractivity contribution is 5.78. The molecule has 1 aliphatic heterocycles. The average Bonchev–Trinajstić information content (AvgIpc) is 2.62. The molecule has 5 nitrogen and oxygen atoms in total. The molecule has 1 unspecified atom stereocenters. The van der Waals surface area contributed by atoms with Crippen LogP contribution in [-0.2, 0) is 11.2 Å². The fourth-order valence-corrected chi connectivity index (χ4v) is 3.19. The van der Waals surface area contributed by atoms with Crippen molar-refractivity contribution in [2.75, 3.05) is 11.4 Å². The van der Waals surface area contributed by atoms with Crippen molar-refractivity contribution in [2.24, 2.45) is 0 Å². The largest absolute Gasteiger partial charge is 0.480 e. The van der Waals surface area contributed by atoms with Gasteiger partial charge in [-0.25, -0.2) is 14.8 Å². The van der Waals surface area contributed by atoms with Crippen molar-refractivity contribution >= 4 is 11.8 Å². The predicted octanol–water partition coefficient (Wildman–Crippen LogP) is 3.54. The number of rotatable bonds is 5. The Hall–Kier alpha value is -2.43. The second-order valence-electron chi connectivity index (χ2n) is 6.20. The van der Waals surface area contributed by atoms with Crippen molar-refractivity contribution in [1.82, 2.24) is 9.97 Å². The second kappa shape index (κ2) is 7.43. The number of benzene rings is 1. The minimum Gasteiger partial charge on any atom is -0.480 e. The van der Waals surface area contributed by atoms with E-state index in [0.29, 0.717) is 12.2 Å². The SMILES string of the molecule is CCCc1cc(N2CCCCC2C(=O)O)nc(-c2ccccc2)n1. The number of hydrogen-bond acceptors (Lipinski definition) is 4. The number of carboxylic acid groups (broad SMARTS) is 1. The van der Waals surface area contributed by atoms with E-state index in [1.54, 1.807) is 0 Å². The molecule has 1 aromatic heterocycles. The molecule has 1 atom stereocenters. The Labute approximate surface area is 142 Å². The molecule has 24 heavy (non-hydrogen) atoms. The van der Waals surface area contributed by atoms with Crippen molar-refractivity contribution in [3.8, 4) is 11.4 Å². The van der Waals surface area contributed by atoms with E-state index < -0.39 is 12.0 Å². The zero-order chi connectivity index (χ0) is 16.9. The third-order valence-corrected chi connectivity index (χ3v) is 4.39. The summed E-state index contributed by atoms with van der Waals surface area (Å²) in [5.41, 5.74) is 1.93. The number of nitrogens with zero attached hydrogens (tertiary/aromatic N) is 3. The highest BCUT2D eigenvalue weighted by Crippen LogP contribution is 2.26. The lowest BCUT2D eigenvalue weighted by molar-refractivity contribution is -0.139. The highest BCUT2D eigenvalue weighted by atomic mass is 16.4. The van der Waals surface area contributed by atoms with E-state index in [1.807, 2.05) is 41.3 Å². The van der Waals surface area contributed by atoms with Crippen LogP contribution >= 0.6 is 0 Å². The number of aromatic nitrogens is 2. The van der Waals surface area contributed by atoms with Crippen LogP contribution in [0.1, 0.15) is 38.3 Å². The molecule has 0 spiro atoms. The minimum absolute atomic E-state index is 0.494. The van der Waals surface area contributed by atoms with Crippen LogP contribution in [0.4, 0.5) is 5.82 Å². The topological polar surface area (TPSA) is 66.3 Å². The molecule has 0 amide bonds. The Balaban J connectivity index is 2.03. The second-order valence-corrected chi connectivity index (χ2v) is 6.20. The molecule has 2 aromatic rings. The van der Waals surface area contributed by atoms with Gasteiger partial charge in [-0.05, 0) is 25.7 Å². The van der Waals surface area contributed by atoms with Crippen molar-refractivity contribution in [3.05, 3.63) is 42.1 Å². The van der Waals surface area contributed by atoms with E-state index in [9.17, 15) is 9.90 Å². The number of aryl methyl sites for hydroxylation is 1. The maximum atomic E-state index is 11.6. The first-order valence-electron chi connectivity index (χ1n) is 8.62. The number of piperidine rings is 1. The van der Waals surface area contributed by atoms with Gasteiger partial charge in [0.05, 0.1) is 0 Å². The summed E-state index contributed by atoms with van der Waals surface area (Å²) < 4.78 is 0. The van der Waals surface area contributed by atoms with Gasteiger partial charge in [0, 0.05) is 23.9 Å². The van der Waals surface area contributed by atoms with Crippen molar-refractivity contribution in [2.45, 2.75) is 45.1 Å². The zero-order valence-corrected chi connectivity index (χ0v) is 14.0. The van der Waals surface area contributed by atoms with Crippen molar-refractivity contribution in [1.29, 1.82) is 0 Å². The maximum absolute atomic E-state index is 11.6. The van der Waals surface area contributed by atoms with E-state index in [4.69, 9.17) is 4.98 Å². The van der Waals surface area contributed by atoms with E-state index in [1.165, 1.54) is 0 Å². The molecule has 0 radical (unpaired) electrons. The van der Waals surface area contributed by atoms with Crippen LogP contribution in [0.2, 0.25) is 0 Å². The Morgan fingerprint density at radius 3 is 2.75 bits per heavy atom. The van der Waals surface area contributed by atoms with Gasteiger partial charge in [-0.3, -0.25) is 0 Å². The standard InChI is InChI=1S/C19H23N3O2/c1-2-8-15-13-17(22-12-7-6-11-16(22)19(23)24)21-18(20-15)14-9-4-3-5-10-14/h3-5,9-10,13,16H,2,6-8,11-12H2,1H3,(H,23,24). The van der Waals surface area contributed by atoms with Crippen molar-refractivity contribution in [3.63, 3.8) is 0 Å². The summed E-state index contributed by atoms with van der Waals surface area (Å²) in [4.78, 5) is 22.9. The predicted molar refractivity (Wildman–Crippen MR) is 94.1 cm³/mol. The van der Waals surface area contributed by atoms with E-state index in [2.05, 4.69) is 11.9 Å². The number of carboxylic acids is 1. The average molecular weight is 325 g/mol. The normalized spacial score (nSPS) is 17.7. The molecule has 1 aliphatic rings. The monoisotopic (exact) mass is 325 g/mol. The van der Waals surface area contributed by atoms with Gasteiger partial charge < -0.3 is 10.0 Å². The molecule has 0 bridgehead atoms. The molecule has 126 valence electrons. The summed E-state index contributed by atoms with van der Waals surface area (Å²) in [5.74, 6) is 0.636. The van der Waals surface area contributed by atoms with Gasteiger partial charge in [0.1, 0.15) is 11.9 Å². The van der Waals surface area contributed by atoms with Gasteiger partial charge in [0.25, 0.3) is 0 Å². The van der Waals surface area contributed by atoms with Gasteiger partial charge in [0.2, 0.25) is 0 Å². The zero-order valence-electron chi connectivity index (χ0n) is 14.0. The highest BCUT2D eigenvalue weighted by Gasteiger charge is 2.30. The summed E-state index contributed by atoms with van der Waals surface area (Å²) in [6, 6.07) is 11.3. The first-order chi connectivity index (χ1) is 11.7. The fourth-order valence-electron chi connectivity index (χ4n) is 3.19. The number of carbonyl (C=O) groups is 1. The van der Waals surface area contributed by atoms with E-state index in [0.717, 1.165) is 49.3 Å². The Morgan fingerprint density at radius 2 is 2.04 bits per heavy atom. The quantitative estimate of drug-likeness (QED) is 0.911. The minimum atomic E-state index is -0.772. The van der Waals surface area contributed by atoms with Gasteiger partial charge in [-0.15, -0.1) is 0 Å². The fraction of sp³-hybridized carbons (Fsp3) is 0.421. The number of hydrogen-bond donors (Lipinski definition) is 1. The Kier molecular flexibility index (Phi) is 5.08. The van der Waals surface area contributed by atoms with Gasteiger partial charge >= 0.3 is 5.97 Å². The van der Waals surface area contributed by atoms with Crippen LogP contribution in [-0.4, -0.2) is 33.6 Å². The number of anilines is 1.